The molecule has 1 aromatic heterocycles. The van der Waals surface area contributed by atoms with Gasteiger partial charge in [0.25, 0.3) is 0 Å². The van der Waals surface area contributed by atoms with E-state index in [4.69, 9.17) is 23.2 Å². The molecule has 154 valence electrons. The van der Waals surface area contributed by atoms with Crippen molar-refractivity contribution < 1.29 is 5.11 Å². The molecule has 1 heterocycles. The maximum absolute atomic E-state index is 10.0. The van der Waals surface area contributed by atoms with Crippen LogP contribution < -0.4 is 16.0 Å². The van der Waals surface area contributed by atoms with Crippen LogP contribution in [0.25, 0.3) is 11.3 Å². The molecule has 0 fully saturated rings. The number of hydrogen-bond donors (Lipinski definition) is 5. The summed E-state index contributed by atoms with van der Waals surface area (Å²) < 4.78 is 0. The summed E-state index contributed by atoms with van der Waals surface area (Å²) in [5, 5.41) is 28.0. The summed E-state index contributed by atoms with van der Waals surface area (Å²) in [5.74, 6) is 0.748. The fourth-order valence-corrected chi connectivity index (χ4v) is 3.12. The Bertz CT molecular complexity index is 888. The minimum Gasteiger partial charge on any atom is -0.390 e. The minimum atomic E-state index is -0.439. The van der Waals surface area contributed by atoms with E-state index in [1.807, 2.05) is 30.3 Å². The van der Waals surface area contributed by atoms with Crippen LogP contribution in [0.5, 0.6) is 0 Å². The topological polar surface area (TPSA) is 85.0 Å². The van der Waals surface area contributed by atoms with Crippen molar-refractivity contribution in [3.8, 4) is 11.3 Å². The van der Waals surface area contributed by atoms with Crippen LogP contribution >= 0.6 is 23.2 Å². The average molecular weight is 434 g/mol. The van der Waals surface area contributed by atoms with E-state index < -0.39 is 6.10 Å². The van der Waals surface area contributed by atoms with Crippen LogP contribution in [0.3, 0.4) is 0 Å². The summed E-state index contributed by atoms with van der Waals surface area (Å²) in [6, 6.07) is 17.5. The number of nitrogens with zero attached hydrogens (tertiary/aromatic N) is 1. The third kappa shape index (κ3) is 7.03. The molecule has 0 bridgehead atoms. The number of nitrogens with one attached hydrogen (secondary N) is 4. The lowest BCUT2D eigenvalue weighted by Gasteiger charge is -2.13. The summed E-state index contributed by atoms with van der Waals surface area (Å²) in [6.07, 6.45) is -0.439. The van der Waals surface area contributed by atoms with Gasteiger partial charge in [0.2, 0.25) is 0 Å². The number of rotatable bonds is 11. The summed E-state index contributed by atoms with van der Waals surface area (Å²) in [6.45, 7) is 3.22. The molecule has 0 amide bonds. The quantitative estimate of drug-likeness (QED) is 0.298. The van der Waals surface area contributed by atoms with Crippen molar-refractivity contribution in [2.24, 2.45) is 0 Å². The largest absolute Gasteiger partial charge is 0.390 e. The zero-order valence-corrected chi connectivity index (χ0v) is 17.5. The summed E-state index contributed by atoms with van der Waals surface area (Å²) in [4.78, 5) is 0. The minimum absolute atomic E-state index is 0.439. The second-order valence-corrected chi connectivity index (χ2v) is 7.51. The van der Waals surface area contributed by atoms with E-state index in [1.54, 1.807) is 12.1 Å². The van der Waals surface area contributed by atoms with E-state index in [-0.39, 0.29) is 0 Å². The standard InChI is InChI=1S/C21H25Cl2N5O/c22-18-7-6-16(10-19(18)23)20-11-21(28-27-20)26-9-8-24-13-17(29)14-25-12-15-4-2-1-3-5-15/h1-7,10-11,17,24-25,29H,8-9,12-14H2,(H2,26,27,28). The molecule has 1 atom stereocenters. The summed E-state index contributed by atoms with van der Waals surface area (Å²) in [5.41, 5.74) is 2.99. The number of halogens is 2. The average Bonchev–Trinajstić information content (AvgIpc) is 3.19. The zero-order chi connectivity index (χ0) is 20.5. The molecule has 3 rings (SSSR count). The lowest BCUT2D eigenvalue weighted by Crippen LogP contribution is -2.36. The van der Waals surface area contributed by atoms with Crippen LogP contribution in [0.2, 0.25) is 10.0 Å². The Morgan fingerprint density at radius 3 is 2.52 bits per heavy atom. The van der Waals surface area contributed by atoms with Gasteiger partial charge in [0, 0.05) is 44.4 Å². The van der Waals surface area contributed by atoms with Crippen LogP contribution in [0, 0.1) is 0 Å². The van der Waals surface area contributed by atoms with Crippen molar-refractivity contribution in [3.05, 3.63) is 70.2 Å². The van der Waals surface area contributed by atoms with Gasteiger partial charge in [-0.1, -0.05) is 59.6 Å². The van der Waals surface area contributed by atoms with E-state index in [1.165, 1.54) is 5.56 Å². The van der Waals surface area contributed by atoms with Gasteiger partial charge in [-0.25, -0.2) is 0 Å². The number of aliphatic hydroxyl groups excluding tert-OH is 1. The molecule has 0 saturated heterocycles. The van der Waals surface area contributed by atoms with E-state index in [9.17, 15) is 5.11 Å². The van der Waals surface area contributed by atoms with Crippen molar-refractivity contribution in [1.82, 2.24) is 20.8 Å². The summed E-state index contributed by atoms with van der Waals surface area (Å²) in [7, 11) is 0. The highest BCUT2D eigenvalue weighted by Gasteiger charge is 2.06. The molecule has 29 heavy (non-hydrogen) atoms. The molecule has 0 spiro atoms. The molecule has 5 N–H and O–H groups in total. The van der Waals surface area contributed by atoms with Crippen LogP contribution in [0.15, 0.2) is 54.6 Å². The Kier molecular flexibility index (Phi) is 8.34. The second kappa shape index (κ2) is 11.2. The predicted octanol–water partition coefficient (Wildman–Crippen LogP) is 3.54. The Balaban J connectivity index is 1.30. The first-order chi connectivity index (χ1) is 14.1. The third-order valence-electron chi connectivity index (χ3n) is 4.35. The van der Waals surface area contributed by atoms with Gasteiger partial charge in [-0.15, -0.1) is 0 Å². The van der Waals surface area contributed by atoms with Gasteiger partial charge in [0.05, 0.1) is 21.8 Å². The first-order valence-corrected chi connectivity index (χ1v) is 10.3. The molecular formula is C21H25Cl2N5O. The fraction of sp³-hybridized carbons (Fsp3) is 0.286. The molecule has 0 aliphatic heterocycles. The maximum atomic E-state index is 10.0. The van der Waals surface area contributed by atoms with E-state index >= 15 is 0 Å². The van der Waals surface area contributed by atoms with Gasteiger partial charge in [-0.2, -0.15) is 5.10 Å². The van der Waals surface area contributed by atoms with Gasteiger partial charge in [0.15, 0.2) is 0 Å². The van der Waals surface area contributed by atoms with Crippen LogP contribution in [-0.4, -0.2) is 47.6 Å². The first-order valence-electron chi connectivity index (χ1n) is 9.50. The van der Waals surface area contributed by atoms with Gasteiger partial charge in [0.1, 0.15) is 5.82 Å². The monoisotopic (exact) mass is 433 g/mol. The Morgan fingerprint density at radius 1 is 0.931 bits per heavy atom. The first kappa shape index (κ1) is 21.6. The van der Waals surface area contributed by atoms with Crippen LogP contribution in [0.1, 0.15) is 5.56 Å². The van der Waals surface area contributed by atoms with Gasteiger partial charge < -0.3 is 21.1 Å². The highest BCUT2D eigenvalue weighted by Crippen LogP contribution is 2.28. The summed E-state index contributed by atoms with van der Waals surface area (Å²) >= 11 is 12.0. The Hall–Kier alpha value is -2.09. The highest BCUT2D eigenvalue weighted by atomic mass is 35.5. The van der Waals surface area contributed by atoms with Crippen molar-refractivity contribution >= 4 is 29.0 Å². The smallest absolute Gasteiger partial charge is 0.148 e. The molecule has 0 aliphatic rings. The van der Waals surface area contributed by atoms with Crippen molar-refractivity contribution in [2.45, 2.75) is 12.6 Å². The number of anilines is 1. The van der Waals surface area contributed by atoms with E-state index in [0.29, 0.717) is 36.2 Å². The van der Waals surface area contributed by atoms with Crippen molar-refractivity contribution in [2.75, 3.05) is 31.5 Å². The molecule has 0 saturated carbocycles. The Morgan fingerprint density at radius 2 is 1.72 bits per heavy atom. The second-order valence-electron chi connectivity index (χ2n) is 6.70. The van der Waals surface area contributed by atoms with E-state index in [2.05, 4.69) is 38.3 Å². The lowest BCUT2D eigenvalue weighted by atomic mass is 10.1. The van der Waals surface area contributed by atoms with Gasteiger partial charge in [-0.05, 0) is 17.7 Å². The molecule has 0 aliphatic carbocycles. The molecule has 8 heteroatoms. The SMILES string of the molecule is OC(CNCCNc1cc(-c2ccc(Cl)c(Cl)c2)[nH]n1)CNCc1ccccc1. The zero-order valence-electron chi connectivity index (χ0n) is 16.0. The van der Waals surface area contributed by atoms with Crippen molar-refractivity contribution in [1.29, 1.82) is 0 Å². The Labute approximate surface area is 180 Å². The van der Waals surface area contributed by atoms with E-state index in [0.717, 1.165) is 23.6 Å². The fourth-order valence-electron chi connectivity index (χ4n) is 2.82. The molecular weight excluding hydrogens is 409 g/mol. The number of hydrogen-bond acceptors (Lipinski definition) is 5. The highest BCUT2D eigenvalue weighted by molar-refractivity contribution is 6.42. The van der Waals surface area contributed by atoms with Gasteiger partial charge >= 0.3 is 0 Å². The molecule has 6 nitrogen and oxygen atoms in total. The maximum Gasteiger partial charge on any atom is 0.148 e. The van der Waals surface area contributed by atoms with Gasteiger partial charge in [-0.3, -0.25) is 5.10 Å². The predicted molar refractivity (Wildman–Crippen MR) is 120 cm³/mol. The number of aliphatic hydroxyl groups is 1. The van der Waals surface area contributed by atoms with Crippen LogP contribution in [0.4, 0.5) is 5.82 Å². The van der Waals surface area contributed by atoms with Crippen molar-refractivity contribution in [3.63, 3.8) is 0 Å². The number of benzene rings is 2. The molecule has 3 aromatic rings. The number of H-pyrrole nitrogens is 1. The third-order valence-corrected chi connectivity index (χ3v) is 5.09. The molecule has 1 unspecified atom stereocenters. The molecule has 2 aromatic carbocycles. The number of aromatic amines is 1. The number of aromatic nitrogens is 2. The normalized spacial score (nSPS) is 12.1. The molecule has 0 radical (unpaired) electrons. The van der Waals surface area contributed by atoms with Crippen LogP contribution in [-0.2, 0) is 6.54 Å². The lowest BCUT2D eigenvalue weighted by molar-refractivity contribution is 0.169.